The van der Waals surface area contributed by atoms with Gasteiger partial charge in [0.15, 0.2) is 0 Å². The molecule has 1 aromatic carbocycles. The summed E-state index contributed by atoms with van der Waals surface area (Å²) in [7, 11) is 0. The third kappa shape index (κ3) is 4.18. The van der Waals surface area contributed by atoms with Crippen molar-refractivity contribution in [3.63, 3.8) is 0 Å². The monoisotopic (exact) mass is 338 g/mol. The molecule has 1 aromatic heterocycles. The Morgan fingerprint density at radius 1 is 1.28 bits per heavy atom. The lowest BCUT2D eigenvalue weighted by atomic mass is 9.96. The van der Waals surface area contributed by atoms with E-state index in [1.165, 1.54) is 0 Å². The zero-order valence-corrected chi connectivity index (χ0v) is 14.1. The first-order valence-corrected chi connectivity index (χ1v) is 8.48. The van der Waals surface area contributed by atoms with Crippen LogP contribution >= 0.6 is 0 Å². The van der Waals surface area contributed by atoms with E-state index in [1.807, 2.05) is 42.5 Å². The lowest BCUT2D eigenvalue weighted by Gasteiger charge is -2.31. The van der Waals surface area contributed by atoms with Crippen molar-refractivity contribution in [3.8, 4) is 11.3 Å². The summed E-state index contributed by atoms with van der Waals surface area (Å²) in [5, 5.41) is 2.91. The zero-order valence-electron chi connectivity index (χ0n) is 14.1. The second kappa shape index (κ2) is 7.83. The van der Waals surface area contributed by atoms with E-state index < -0.39 is 0 Å². The smallest absolute Gasteiger partial charge is 0.225 e. The molecule has 0 bridgehead atoms. The highest BCUT2D eigenvalue weighted by molar-refractivity contribution is 5.83. The van der Waals surface area contributed by atoms with Crippen molar-refractivity contribution in [2.75, 3.05) is 13.1 Å². The van der Waals surface area contributed by atoms with E-state index in [9.17, 15) is 9.59 Å². The van der Waals surface area contributed by atoms with E-state index in [-0.39, 0.29) is 17.7 Å². The molecule has 1 fully saturated rings. The molecular formula is C20H22N2O3. The Hall–Kier alpha value is -2.82. The molecule has 5 nitrogen and oxygen atoms in total. The van der Waals surface area contributed by atoms with Crippen molar-refractivity contribution in [1.29, 1.82) is 0 Å². The molecule has 0 unspecified atom stereocenters. The maximum Gasteiger partial charge on any atom is 0.225 e. The van der Waals surface area contributed by atoms with Gasteiger partial charge >= 0.3 is 0 Å². The van der Waals surface area contributed by atoms with Crippen molar-refractivity contribution in [1.82, 2.24) is 10.2 Å². The standard InChI is InChI=1S/C20H22N2O3/c1-2-12-22-14-16(8-11-19(22)23)20(24)21-13-17-9-10-18(25-17)15-6-4-3-5-7-15/h2-7,9-10,16H,1,8,11-14H2,(H,21,24)/t16-/m0/s1. The molecule has 0 spiro atoms. The van der Waals surface area contributed by atoms with Crippen molar-refractivity contribution in [3.05, 3.63) is 60.9 Å². The van der Waals surface area contributed by atoms with Gasteiger partial charge in [0, 0.05) is 25.1 Å². The summed E-state index contributed by atoms with van der Waals surface area (Å²) >= 11 is 0. The normalized spacial score (nSPS) is 17.4. The number of carbonyl (C=O) groups is 2. The summed E-state index contributed by atoms with van der Waals surface area (Å²) in [6, 6.07) is 13.6. The number of likely N-dealkylation sites (tertiary alicyclic amines) is 1. The van der Waals surface area contributed by atoms with Gasteiger partial charge in [-0.15, -0.1) is 6.58 Å². The second-order valence-corrected chi connectivity index (χ2v) is 6.17. The van der Waals surface area contributed by atoms with Crippen molar-refractivity contribution >= 4 is 11.8 Å². The molecule has 1 aliphatic heterocycles. The van der Waals surface area contributed by atoms with Crippen LogP contribution in [0.4, 0.5) is 0 Å². The van der Waals surface area contributed by atoms with E-state index in [4.69, 9.17) is 4.42 Å². The minimum Gasteiger partial charge on any atom is -0.459 e. The molecule has 0 saturated carbocycles. The predicted octanol–water partition coefficient (Wildman–Crippen LogP) is 2.99. The SMILES string of the molecule is C=CCN1C[C@@H](C(=O)NCc2ccc(-c3ccccc3)o2)CCC1=O. The molecule has 1 N–H and O–H groups in total. The fourth-order valence-electron chi connectivity index (χ4n) is 3.01. The molecule has 25 heavy (non-hydrogen) atoms. The zero-order chi connectivity index (χ0) is 17.6. The Balaban J connectivity index is 1.55. The number of hydrogen-bond acceptors (Lipinski definition) is 3. The summed E-state index contributed by atoms with van der Waals surface area (Å²) in [6.45, 7) is 4.94. The van der Waals surface area contributed by atoms with Gasteiger partial charge in [0.1, 0.15) is 11.5 Å². The Bertz CT molecular complexity index is 751. The Morgan fingerprint density at radius 2 is 2.08 bits per heavy atom. The number of piperidine rings is 1. The summed E-state index contributed by atoms with van der Waals surface area (Å²) in [5.74, 6) is 1.36. The Kier molecular flexibility index (Phi) is 5.33. The molecule has 0 aliphatic carbocycles. The van der Waals surface area contributed by atoms with Gasteiger partial charge in [-0.25, -0.2) is 0 Å². The van der Waals surface area contributed by atoms with Crippen LogP contribution in [-0.2, 0) is 16.1 Å². The number of benzene rings is 1. The molecule has 0 radical (unpaired) electrons. The summed E-state index contributed by atoms with van der Waals surface area (Å²) in [4.78, 5) is 25.9. The van der Waals surface area contributed by atoms with Gasteiger partial charge in [-0.1, -0.05) is 36.4 Å². The van der Waals surface area contributed by atoms with Crippen LogP contribution in [0.5, 0.6) is 0 Å². The maximum atomic E-state index is 12.4. The molecule has 5 heteroatoms. The average Bonchev–Trinajstić information content (AvgIpc) is 3.11. The number of nitrogens with zero attached hydrogens (tertiary/aromatic N) is 1. The molecule has 1 aliphatic rings. The molecule has 2 amide bonds. The lowest BCUT2D eigenvalue weighted by Crippen LogP contribution is -2.45. The topological polar surface area (TPSA) is 62.6 Å². The maximum absolute atomic E-state index is 12.4. The van der Waals surface area contributed by atoms with Gasteiger partial charge in [-0.2, -0.15) is 0 Å². The first-order valence-electron chi connectivity index (χ1n) is 8.48. The molecule has 1 saturated heterocycles. The lowest BCUT2D eigenvalue weighted by molar-refractivity contribution is -0.137. The fourth-order valence-corrected chi connectivity index (χ4v) is 3.01. The number of nitrogens with one attached hydrogen (secondary N) is 1. The van der Waals surface area contributed by atoms with Crippen molar-refractivity contribution in [2.24, 2.45) is 5.92 Å². The minimum absolute atomic E-state index is 0.0424. The molecule has 2 aromatic rings. The number of amides is 2. The molecule has 1 atom stereocenters. The van der Waals surface area contributed by atoms with Crippen molar-refractivity contribution in [2.45, 2.75) is 19.4 Å². The highest BCUT2D eigenvalue weighted by atomic mass is 16.3. The first kappa shape index (κ1) is 17.0. The third-order valence-electron chi connectivity index (χ3n) is 4.38. The average molecular weight is 338 g/mol. The van der Waals surface area contributed by atoms with Crippen molar-refractivity contribution < 1.29 is 14.0 Å². The summed E-state index contributed by atoms with van der Waals surface area (Å²) in [6.07, 6.45) is 2.68. The van der Waals surface area contributed by atoms with Crippen LogP contribution in [0.25, 0.3) is 11.3 Å². The predicted molar refractivity (Wildman–Crippen MR) is 95.5 cm³/mol. The largest absolute Gasteiger partial charge is 0.459 e. The van der Waals surface area contributed by atoms with Gasteiger partial charge in [0.05, 0.1) is 12.5 Å². The van der Waals surface area contributed by atoms with E-state index in [1.54, 1.807) is 11.0 Å². The quantitative estimate of drug-likeness (QED) is 0.824. The fraction of sp³-hybridized carbons (Fsp3) is 0.300. The van der Waals surface area contributed by atoms with Gasteiger partial charge in [0.2, 0.25) is 11.8 Å². The molecule has 3 rings (SSSR count). The molecular weight excluding hydrogens is 316 g/mol. The van der Waals surface area contributed by atoms with Crippen LogP contribution in [-0.4, -0.2) is 29.8 Å². The number of hydrogen-bond donors (Lipinski definition) is 1. The summed E-state index contributed by atoms with van der Waals surface area (Å²) < 4.78 is 5.79. The van der Waals surface area contributed by atoms with Gasteiger partial charge in [0.25, 0.3) is 0 Å². The summed E-state index contributed by atoms with van der Waals surface area (Å²) in [5.41, 5.74) is 1.01. The minimum atomic E-state index is -0.179. The van der Waals surface area contributed by atoms with Crippen LogP contribution in [0.1, 0.15) is 18.6 Å². The van der Waals surface area contributed by atoms with Crippen LogP contribution in [0.2, 0.25) is 0 Å². The Morgan fingerprint density at radius 3 is 2.84 bits per heavy atom. The highest BCUT2D eigenvalue weighted by Crippen LogP contribution is 2.22. The number of rotatable bonds is 6. The third-order valence-corrected chi connectivity index (χ3v) is 4.38. The Labute approximate surface area is 147 Å². The second-order valence-electron chi connectivity index (χ2n) is 6.17. The molecule has 2 heterocycles. The van der Waals surface area contributed by atoms with Crippen LogP contribution < -0.4 is 5.32 Å². The molecule has 130 valence electrons. The highest BCUT2D eigenvalue weighted by Gasteiger charge is 2.29. The van der Waals surface area contributed by atoms with Gasteiger partial charge in [-0.3, -0.25) is 9.59 Å². The van der Waals surface area contributed by atoms with Crippen LogP contribution in [0, 0.1) is 5.92 Å². The van der Waals surface area contributed by atoms with E-state index >= 15 is 0 Å². The van der Waals surface area contributed by atoms with E-state index in [0.717, 1.165) is 11.3 Å². The first-order chi connectivity index (χ1) is 12.2. The van der Waals surface area contributed by atoms with Gasteiger partial charge < -0.3 is 14.6 Å². The van der Waals surface area contributed by atoms with Gasteiger partial charge in [-0.05, 0) is 18.6 Å². The van der Waals surface area contributed by atoms with E-state index in [0.29, 0.717) is 38.2 Å². The van der Waals surface area contributed by atoms with Crippen LogP contribution in [0.15, 0.2) is 59.5 Å². The van der Waals surface area contributed by atoms with Crippen LogP contribution in [0.3, 0.4) is 0 Å². The number of carbonyl (C=O) groups excluding carboxylic acids is 2. The number of furan rings is 1. The van der Waals surface area contributed by atoms with E-state index in [2.05, 4.69) is 11.9 Å².